The van der Waals surface area contributed by atoms with E-state index in [4.69, 9.17) is 9.98 Å². The van der Waals surface area contributed by atoms with E-state index in [2.05, 4.69) is 34.5 Å². The van der Waals surface area contributed by atoms with Gasteiger partial charge in [0.25, 0.3) is 0 Å². The molecule has 0 aliphatic heterocycles. The van der Waals surface area contributed by atoms with E-state index in [0.29, 0.717) is 5.84 Å². The molecule has 0 fully saturated rings. The lowest BCUT2D eigenvalue weighted by atomic mass is 10.2. The Labute approximate surface area is 182 Å². The van der Waals surface area contributed by atoms with Crippen molar-refractivity contribution in [3.05, 3.63) is 102 Å². The molecule has 0 radical (unpaired) electrons. The van der Waals surface area contributed by atoms with Crippen LogP contribution in [0.4, 0.5) is 11.4 Å². The molecule has 154 valence electrons. The van der Waals surface area contributed by atoms with E-state index < -0.39 is 0 Å². The van der Waals surface area contributed by atoms with Gasteiger partial charge in [-0.3, -0.25) is 5.43 Å². The van der Waals surface area contributed by atoms with Gasteiger partial charge in [-0.25, -0.2) is 9.98 Å². The number of hydrogen-bond acceptors (Lipinski definition) is 4. The number of aromatic nitrogens is 1. The van der Waals surface area contributed by atoms with Gasteiger partial charge in [0, 0.05) is 25.2 Å². The molecular formula is C26H25N5. The van der Waals surface area contributed by atoms with Crippen LogP contribution < -0.4 is 10.3 Å². The minimum atomic E-state index is 0.593. The second kappa shape index (κ2) is 9.22. The van der Waals surface area contributed by atoms with Gasteiger partial charge in [0.1, 0.15) is 5.69 Å². The standard InChI is InChI=1S/C26H25N5/c1-19-8-13-22(14-9-19)28-26(25-17-12-21-6-4-5-7-24(21)29-25)30-27-18-20-10-15-23(16-11-20)31(2)3/h4-18H,1-3H3,(H,28,30)/b27-18-. The number of hydrazone groups is 1. The maximum absolute atomic E-state index is 4.77. The number of amidine groups is 1. The molecule has 0 aliphatic rings. The number of rotatable bonds is 5. The number of nitrogens with one attached hydrogen (secondary N) is 1. The summed E-state index contributed by atoms with van der Waals surface area (Å²) in [5.41, 5.74) is 8.93. The number of fused-ring (bicyclic) bond motifs is 1. The minimum absolute atomic E-state index is 0.593. The fourth-order valence-electron chi connectivity index (χ4n) is 3.11. The first-order valence-corrected chi connectivity index (χ1v) is 10.2. The molecule has 0 spiro atoms. The molecule has 0 atom stereocenters. The number of para-hydroxylation sites is 1. The minimum Gasteiger partial charge on any atom is -0.378 e. The van der Waals surface area contributed by atoms with Gasteiger partial charge in [-0.05, 0) is 48.9 Å². The van der Waals surface area contributed by atoms with Crippen LogP contribution in [-0.4, -0.2) is 31.1 Å². The summed E-state index contributed by atoms with van der Waals surface area (Å²) in [7, 11) is 4.05. The highest BCUT2D eigenvalue weighted by atomic mass is 15.3. The Kier molecular flexibility index (Phi) is 6.03. The summed E-state index contributed by atoms with van der Waals surface area (Å²) in [4.78, 5) is 11.6. The Morgan fingerprint density at radius 1 is 0.871 bits per heavy atom. The molecule has 5 nitrogen and oxygen atoms in total. The van der Waals surface area contributed by atoms with Crippen LogP contribution in [0.25, 0.3) is 10.9 Å². The van der Waals surface area contributed by atoms with Crippen LogP contribution >= 0.6 is 0 Å². The molecule has 4 aromatic rings. The smallest absolute Gasteiger partial charge is 0.173 e. The molecule has 0 bridgehead atoms. The van der Waals surface area contributed by atoms with Crippen molar-refractivity contribution in [3.8, 4) is 0 Å². The number of nitrogens with zero attached hydrogens (tertiary/aromatic N) is 4. The van der Waals surface area contributed by atoms with E-state index >= 15 is 0 Å². The number of aryl methyl sites for hydroxylation is 1. The molecule has 1 heterocycles. The van der Waals surface area contributed by atoms with E-state index in [1.807, 2.05) is 86.9 Å². The SMILES string of the molecule is Cc1ccc(N=C(N/N=C\c2ccc(N(C)C)cc2)c2ccc3ccccc3n2)cc1. The Morgan fingerprint density at radius 2 is 1.61 bits per heavy atom. The highest BCUT2D eigenvalue weighted by molar-refractivity contribution is 6.00. The van der Waals surface area contributed by atoms with Gasteiger partial charge in [0.2, 0.25) is 0 Å². The Morgan fingerprint density at radius 3 is 2.35 bits per heavy atom. The van der Waals surface area contributed by atoms with Crippen molar-refractivity contribution in [1.29, 1.82) is 0 Å². The lowest BCUT2D eigenvalue weighted by Gasteiger charge is -2.11. The van der Waals surface area contributed by atoms with Gasteiger partial charge in [0.05, 0.1) is 17.4 Å². The summed E-state index contributed by atoms with van der Waals surface area (Å²) in [6, 6.07) is 28.3. The van der Waals surface area contributed by atoms with Gasteiger partial charge < -0.3 is 4.90 Å². The fraction of sp³-hybridized carbons (Fsp3) is 0.115. The van der Waals surface area contributed by atoms with Crippen LogP contribution in [0, 0.1) is 6.92 Å². The van der Waals surface area contributed by atoms with Gasteiger partial charge in [0.15, 0.2) is 5.84 Å². The highest BCUT2D eigenvalue weighted by Crippen LogP contribution is 2.16. The molecule has 0 saturated carbocycles. The molecular weight excluding hydrogens is 382 g/mol. The Hall–Kier alpha value is -3.99. The highest BCUT2D eigenvalue weighted by Gasteiger charge is 2.07. The summed E-state index contributed by atoms with van der Waals surface area (Å²) in [6.07, 6.45) is 1.78. The average molecular weight is 408 g/mol. The predicted octanol–water partition coefficient (Wildman–Crippen LogP) is 5.31. The van der Waals surface area contributed by atoms with E-state index in [1.165, 1.54) is 5.56 Å². The van der Waals surface area contributed by atoms with Crippen molar-refractivity contribution in [1.82, 2.24) is 10.4 Å². The van der Waals surface area contributed by atoms with E-state index in [0.717, 1.165) is 33.5 Å². The monoisotopic (exact) mass is 407 g/mol. The van der Waals surface area contributed by atoms with Gasteiger partial charge >= 0.3 is 0 Å². The fourth-order valence-corrected chi connectivity index (χ4v) is 3.11. The second-order valence-corrected chi connectivity index (χ2v) is 7.54. The van der Waals surface area contributed by atoms with E-state index in [-0.39, 0.29) is 0 Å². The number of pyridine rings is 1. The molecule has 0 unspecified atom stereocenters. The summed E-state index contributed by atoms with van der Waals surface area (Å²) in [5, 5.41) is 5.52. The van der Waals surface area contributed by atoms with Crippen molar-refractivity contribution in [3.63, 3.8) is 0 Å². The molecule has 4 rings (SSSR count). The molecule has 1 aromatic heterocycles. The summed E-state index contributed by atoms with van der Waals surface area (Å²) >= 11 is 0. The summed E-state index contributed by atoms with van der Waals surface area (Å²) < 4.78 is 0. The van der Waals surface area contributed by atoms with E-state index in [9.17, 15) is 0 Å². The zero-order valence-corrected chi connectivity index (χ0v) is 17.9. The maximum atomic E-state index is 4.77. The van der Waals surface area contributed by atoms with Crippen molar-refractivity contribution in [2.24, 2.45) is 10.1 Å². The van der Waals surface area contributed by atoms with Crippen molar-refractivity contribution in [2.45, 2.75) is 6.92 Å². The van der Waals surface area contributed by atoms with E-state index in [1.54, 1.807) is 6.21 Å². The molecule has 31 heavy (non-hydrogen) atoms. The summed E-state index contributed by atoms with van der Waals surface area (Å²) in [6.45, 7) is 2.06. The van der Waals surface area contributed by atoms with Crippen LogP contribution in [0.2, 0.25) is 0 Å². The number of benzene rings is 3. The third-order valence-electron chi connectivity index (χ3n) is 4.91. The average Bonchev–Trinajstić information content (AvgIpc) is 2.80. The van der Waals surface area contributed by atoms with Crippen LogP contribution in [-0.2, 0) is 0 Å². The molecule has 0 aliphatic carbocycles. The molecule has 3 aromatic carbocycles. The zero-order chi connectivity index (χ0) is 21.6. The quantitative estimate of drug-likeness (QED) is 0.277. The van der Waals surface area contributed by atoms with Gasteiger partial charge in [-0.1, -0.05) is 54.1 Å². The van der Waals surface area contributed by atoms with Crippen molar-refractivity contribution < 1.29 is 0 Å². The molecule has 1 N–H and O–H groups in total. The summed E-state index contributed by atoms with van der Waals surface area (Å²) in [5.74, 6) is 0.593. The topological polar surface area (TPSA) is 52.9 Å². The Bertz CT molecular complexity index is 1220. The van der Waals surface area contributed by atoms with Crippen LogP contribution in [0.1, 0.15) is 16.8 Å². The zero-order valence-electron chi connectivity index (χ0n) is 17.9. The lowest BCUT2D eigenvalue weighted by Crippen LogP contribution is -2.20. The van der Waals surface area contributed by atoms with Crippen LogP contribution in [0.15, 0.2) is 95.0 Å². The van der Waals surface area contributed by atoms with Crippen molar-refractivity contribution >= 4 is 34.3 Å². The van der Waals surface area contributed by atoms with Crippen LogP contribution in [0.3, 0.4) is 0 Å². The van der Waals surface area contributed by atoms with Crippen LogP contribution in [0.5, 0.6) is 0 Å². The van der Waals surface area contributed by atoms with Gasteiger partial charge in [-0.2, -0.15) is 5.10 Å². The molecule has 0 amide bonds. The Balaban J connectivity index is 1.63. The first-order chi connectivity index (χ1) is 15.1. The third kappa shape index (κ3) is 5.14. The maximum Gasteiger partial charge on any atom is 0.173 e. The van der Waals surface area contributed by atoms with Gasteiger partial charge in [-0.15, -0.1) is 0 Å². The first-order valence-electron chi connectivity index (χ1n) is 10.2. The second-order valence-electron chi connectivity index (χ2n) is 7.54. The number of anilines is 1. The largest absolute Gasteiger partial charge is 0.378 e. The third-order valence-corrected chi connectivity index (χ3v) is 4.91. The van der Waals surface area contributed by atoms with Crippen molar-refractivity contribution in [2.75, 3.05) is 19.0 Å². The molecule has 0 saturated heterocycles. The number of aliphatic imine (C=N–C) groups is 1. The lowest BCUT2D eigenvalue weighted by molar-refractivity contribution is 1.02. The number of hydrogen-bond donors (Lipinski definition) is 1. The normalized spacial score (nSPS) is 11.8. The first kappa shape index (κ1) is 20.3. The molecule has 5 heteroatoms. The predicted molar refractivity (Wildman–Crippen MR) is 131 cm³/mol.